The van der Waals surface area contributed by atoms with Crippen LogP contribution in [-0.4, -0.2) is 32.1 Å². The number of hydrogen-bond donors (Lipinski definition) is 1. The summed E-state index contributed by atoms with van der Waals surface area (Å²) in [5.74, 6) is 1.74. The third-order valence-corrected chi connectivity index (χ3v) is 3.45. The van der Waals surface area contributed by atoms with E-state index in [2.05, 4.69) is 51.6 Å². The Bertz CT molecular complexity index is 599. The minimum Gasteiger partial charge on any atom is -0.497 e. The van der Waals surface area contributed by atoms with Gasteiger partial charge in [-0.1, -0.05) is 42.5 Å². The fourth-order valence-corrected chi connectivity index (χ4v) is 2.24. The number of methoxy groups -OCH3 is 1. The van der Waals surface area contributed by atoms with E-state index in [1.807, 2.05) is 25.2 Å². The standard InChI is InChI=1S/C18H23N3O.HI/c1-19-18(21(2)14-16-7-5-4-6-8-16)20-13-15-9-11-17(22-3)12-10-15;/h4-12H,13-14H2,1-3H3,(H,19,20);1H. The quantitative estimate of drug-likeness (QED) is 0.453. The first-order chi connectivity index (χ1) is 10.7. The van der Waals surface area contributed by atoms with Crippen LogP contribution in [0, 0.1) is 0 Å². The van der Waals surface area contributed by atoms with Crippen LogP contribution >= 0.6 is 24.0 Å². The van der Waals surface area contributed by atoms with Gasteiger partial charge in [-0.3, -0.25) is 4.99 Å². The van der Waals surface area contributed by atoms with Crippen LogP contribution in [0.1, 0.15) is 11.1 Å². The van der Waals surface area contributed by atoms with E-state index in [0.29, 0.717) is 0 Å². The highest BCUT2D eigenvalue weighted by molar-refractivity contribution is 14.0. The van der Waals surface area contributed by atoms with Gasteiger partial charge in [0, 0.05) is 27.2 Å². The monoisotopic (exact) mass is 425 g/mol. The molecule has 2 aromatic rings. The van der Waals surface area contributed by atoms with Gasteiger partial charge >= 0.3 is 0 Å². The number of halogens is 1. The zero-order chi connectivity index (χ0) is 15.8. The van der Waals surface area contributed by atoms with Gasteiger partial charge in [0.1, 0.15) is 5.75 Å². The molecule has 0 saturated heterocycles. The lowest BCUT2D eigenvalue weighted by atomic mass is 10.2. The van der Waals surface area contributed by atoms with Crippen LogP contribution in [0.25, 0.3) is 0 Å². The van der Waals surface area contributed by atoms with E-state index < -0.39 is 0 Å². The van der Waals surface area contributed by atoms with E-state index in [0.717, 1.165) is 24.8 Å². The highest BCUT2D eigenvalue weighted by Gasteiger charge is 2.06. The molecule has 0 aliphatic rings. The van der Waals surface area contributed by atoms with E-state index in [9.17, 15) is 0 Å². The van der Waals surface area contributed by atoms with Crippen LogP contribution in [0.3, 0.4) is 0 Å². The van der Waals surface area contributed by atoms with E-state index in [1.54, 1.807) is 14.2 Å². The smallest absolute Gasteiger partial charge is 0.193 e. The summed E-state index contributed by atoms with van der Waals surface area (Å²) in [6, 6.07) is 18.4. The molecule has 0 amide bonds. The lowest BCUT2D eigenvalue weighted by Gasteiger charge is -2.22. The highest BCUT2D eigenvalue weighted by atomic mass is 127. The largest absolute Gasteiger partial charge is 0.497 e. The maximum atomic E-state index is 5.17. The molecule has 4 nitrogen and oxygen atoms in total. The van der Waals surface area contributed by atoms with Crippen molar-refractivity contribution in [1.82, 2.24) is 10.2 Å². The van der Waals surface area contributed by atoms with Crippen molar-refractivity contribution in [2.24, 2.45) is 4.99 Å². The Labute approximate surface area is 155 Å². The molecule has 0 spiro atoms. The first-order valence-electron chi connectivity index (χ1n) is 7.31. The van der Waals surface area contributed by atoms with Crippen molar-refractivity contribution in [3.8, 4) is 5.75 Å². The normalized spacial score (nSPS) is 10.7. The average molecular weight is 425 g/mol. The minimum absolute atomic E-state index is 0. The molecule has 1 N–H and O–H groups in total. The van der Waals surface area contributed by atoms with Gasteiger partial charge in [-0.25, -0.2) is 0 Å². The summed E-state index contributed by atoms with van der Waals surface area (Å²) in [5, 5.41) is 3.38. The minimum atomic E-state index is 0. The molecule has 0 heterocycles. The van der Waals surface area contributed by atoms with Crippen LogP contribution in [0.15, 0.2) is 59.6 Å². The van der Waals surface area contributed by atoms with E-state index >= 15 is 0 Å². The van der Waals surface area contributed by atoms with Gasteiger partial charge in [-0.05, 0) is 23.3 Å². The first kappa shape index (κ1) is 19.3. The molecule has 23 heavy (non-hydrogen) atoms. The van der Waals surface area contributed by atoms with Crippen molar-refractivity contribution in [3.63, 3.8) is 0 Å². The number of ether oxygens (including phenoxy) is 1. The molecule has 0 aliphatic heterocycles. The Morgan fingerprint density at radius 3 is 2.26 bits per heavy atom. The zero-order valence-corrected chi connectivity index (χ0v) is 16.2. The third kappa shape index (κ3) is 6.09. The summed E-state index contributed by atoms with van der Waals surface area (Å²) < 4.78 is 5.17. The van der Waals surface area contributed by atoms with E-state index in [-0.39, 0.29) is 24.0 Å². The van der Waals surface area contributed by atoms with Crippen LogP contribution in [-0.2, 0) is 13.1 Å². The summed E-state index contributed by atoms with van der Waals surface area (Å²) in [7, 11) is 5.52. The lowest BCUT2D eigenvalue weighted by molar-refractivity contribution is 0.414. The van der Waals surface area contributed by atoms with Crippen LogP contribution in [0.2, 0.25) is 0 Å². The van der Waals surface area contributed by atoms with Gasteiger partial charge in [-0.2, -0.15) is 0 Å². The summed E-state index contributed by atoms with van der Waals surface area (Å²) in [5.41, 5.74) is 2.45. The van der Waals surface area contributed by atoms with Gasteiger partial charge in [0.15, 0.2) is 5.96 Å². The number of benzene rings is 2. The number of rotatable bonds is 5. The first-order valence-corrected chi connectivity index (χ1v) is 7.31. The predicted molar refractivity (Wildman–Crippen MR) is 107 cm³/mol. The zero-order valence-electron chi connectivity index (χ0n) is 13.8. The van der Waals surface area contributed by atoms with Gasteiger partial charge in [0.05, 0.1) is 7.11 Å². The summed E-state index contributed by atoms with van der Waals surface area (Å²) in [6.45, 7) is 1.55. The van der Waals surface area contributed by atoms with Crippen molar-refractivity contribution in [2.75, 3.05) is 21.2 Å². The molecular weight excluding hydrogens is 401 g/mol. The van der Waals surface area contributed by atoms with Crippen LogP contribution < -0.4 is 10.1 Å². The van der Waals surface area contributed by atoms with Gasteiger partial charge in [0.25, 0.3) is 0 Å². The number of hydrogen-bond acceptors (Lipinski definition) is 2. The van der Waals surface area contributed by atoms with Crippen LogP contribution in [0.4, 0.5) is 0 Å². The SMILES string of the molecule is CN=C(NCc1ccc(OC)cc1)N(C)Cc1ccccc1.I. The summed E-state index contributed by atoms with van der Waals surface area (Å²) in [4.78, 5) is 6.45. The Balaban J connectivity index is 0.00000264. The maximum Gasteiger partial charge on any atom is 0.193 e. The summed E-state index contributed by atoms with van der Waals surface area (Å²) in [6.07, 6.45) is 0. The molecule has 124 valence electrons. The highest BCUT2D eigenvalue weighted by Crippen LogP contribution is 2.11. The Morgan fingerprint density at radius 2 is 1.70 bits per heavy atom. The molecule has 0 radical (unpaired) electrons. The Kier molecular flexibility index (Phi) is 8.47. The average Bonchev–Trinajstić information content (AvgIpc) is 2.57. The van der Waals surface area contributed by atoms with Crippen molar-refractivity contribution in [2.45, 2.75) is 13.1 Å². The molecule has 0 aromatic heterocycles. The number of nitrogens with zero attached hydrogens (tertiary/aromatic N) is 2. The molecule has 2 rings (SSSR count). The Morgan fingerprint density at radius 1 is 1.04 bits per heavy atom. The van der Waals surface area contributed by atoms with Crippen molar-refractivity contribution in [1.29, 1.82) is 0 Å². The molecule has 0 atom stereocenters. The molecule has 0 saturated carbocycles. The fraction of sp³-hybridized carbons (Fsp3) is 0.278. The lowest BCUT2D eigenvalue weighted by Crippen LogP contribution is -2.38. The van der Waals surface area contributed by atoms with Gasteiger partial charge in [0.2, 0.25) is 0 Å². The third-order valence-electron chi connectivity index (χ3n) is 3.45. The molecule has 0 aliphatic carbocycles. The fourth-order valence-electron chi connectivity index (χ4n) is 2.24. The van der Waals surface area contributed by atoms with Crippen molar-refractivity contribution in [3.05, 3.63) is 65.7 Å². The molecule has 5 heteroatoms. The number of nitrogens with one attached hydrogen (secondary N) is 1. The van der Waals surface area contributed by atoms with Crippen molar-refractivity contribution < 1.29 is 4.74 Å². The maximum absolute atomic E-state index is 5.17. The van der Waals surface area contributed by atoms with Crippen molar-refractivity contribution >= 4 is 29.9 Å². The molecule has 0 bridgehead atoms. The van der Waals surface area contributed by atoms with Gasteiger partial charge < -0.3 is 15.0 Å². The van der Waals surface area contributed by atoms with Gasteiger partial charge in [-0.15, -0.1) is 24.0 Å². The second-order valence-corrected chi connectivity index (χ2v) is 5.09. The second-order valence-electron chi connectivity index (χ2n) is 5.09. The number of guanidine groups is 1. The molecule has 2 aromatic carbocycles. The van der Waals surface area contributed by atoms with E-state index in [4.69, 9.17) is 4.74 Å². The number of aliphatic imine (C=N–C) groups is 1. The Hall–Kier alpha value is -1.76. The molecular formula is C18H24IN3O. The topological polar surface area (TPSA) is 36.9 Å². The summed E-state index contributed by atoms with van der Waals surface area (Å²) >= 11 is 0. The van der Waals surface area contributed by atoms with E-state index in [1.165, 1.54) is 11.1 Å². The van der Waals surface area contributed by atoms with Crippen LogP contribution in [0.5, 0.6) is 5.75 Å². The predicted octanol–water partition coefficient (Wildman–Crippen LogP) is 3.52. The molecule has 0 fully saturated rings. The molecule has 0 unspecified atom stereocenters. The second kappa shape index (κ2) is 10.1.